The molecule has 2 aromatic carbocycles. The summed E-state index contributed by atoms with van der Waals surface area (Å²) in [6.07, 6.45) is 0. The summed E-state index contributed by atoms with van der Waals surface area (Å²) in [5.41, 5.74) is 3.57. The number of nitrogens with zero attached hydrogens (tertiary/aromatic N) is 4. The van der Waals surface area contributed by atoms with Gasteiger partial charge in [0, 0.05) is 36.8 Å². The number of carbonyl (C=O) groups is 2. The number of aryl methyl sites for hydroxylation is 1. The summed E-state index contributed by atoms with van der Waals surface area (Å²) in [7, 11) is 2.11. The molecule has 0 N–H and O–H groups in total. The fourth-order valence-electron chi connectivity index (χ4n) is 4.29. The Hall–Kier alpha value is -2.23. The van der Waals surface area contributed by atoms with Gasteiger partial charge in [-0.3, -0.25) is 24.3 Å². The molecule has 9 heteroatoms. The van der Waals surface area contributed by atoms with Gasteiger partial charge in [0.05, 0.1) is 28.5 Å². The van der Waals surface area contributed by atoms with Crippen LogP contribution in [0.5, 0.6) is 0 Å². The van der Waals surface area contributed by atoms with Gasteiger partial charge in [0.25, 0.3) is 11.8 Å². The monoisotopic (exact) mass is 498 g/mol. The molecule has 2 amide bonds. The number of anilines is 2. The number of halogens is 1. The summed E-state index contributed by atoms with van der Waals surface area (Å²) >= 11 is 13.0. The topological polar surface area (TPSA) is 47.1 Å². The number of hydrogen-bond donors (Lipinski definition) is 0. The Balaban J connectivity index is 1.51. The predicted molar refractivity (Wildman–Crippen MR) is 139 cm³/mol. The van der Waals surface area contributed by atoms with Gasteiger partial charge < -0.3 is 4.90 Å². The first-order valence-corrected chi connectivity index (χ1v) is 12.3. The third-order valence-electron chi connectivity index (χ3n) is 6.27. The maximum Gasteiger partial charge on any atom is 0.271 e. The molecule has 0 aliphatic carbocycles. The standard InChI is InChI=1S/C24H23ClN4O2S2/c1-15-7-8-16(13-18(15)25)29-23(31)21(33-24(29)32)20-17-5-3-4-6-19(17)28(22(20)30)14-27-11-9-26(2)10-12-27/h3-8,13H,9-12,14H2,1-2H3/b21-20-. The van der Waals surface area contributed by atoms with Gasteiger partial charge in [0.15, 0.2) is 4.32 Å². The highest BCUT2D eigenvalue weighted by Crippen LogP contribution is 2.45. The molecule has 0 atom stereocenters. The van der Waals surface area contributed by atoms with Crippen LogP contribution < -0.4 is 9.80 Å². The van der Waals surface area contributed by atoms with Crippen LogP contribution in [0, 0.1) is 6.92 Å². The number of amides is 2. The minimum absolute atomic E-state index is 0.155. The van der Waals surface area contributed by atoms with Gasteiger partial charge in [0.2, 0.25) is 0 Å². The number of likely N-dealkylation sites (N-methyl/N-ethyl adjacent to an activating group) is 1. The van der Waals surface area contributed by atoms with Gasteiger partial charge in [-0.2, -0.15) is 0 Å². The molecule has 5 rings (SSSR count). The van der Waals surface area contributed by atoms with E-state index in [1.54, 1.807) is 11.0 Å². The molecule has 0 aromatic heterocycles. The first-order chi connectivity index (χ1) is 15.8. The molecular formula is C24H23ClN4O2S2. The number of thioether (sulfide) groups is 1. The molecule has 0 spiro atoms. The lowest BCUT2D eigenvalue weighted by Gasteiger charge is -2.34. The largest absolute Gasteiger partial charge is 0.304 e. The van der Waals surface area contributed by atoms with Crippen LogP contribution in [0.2, 0.25) is 5.02 Å². The maximum absolute atomic E-state index is 13.7. The van der Waals surface area contributed by atoms with E-state index < -0.39 is 0 Å². The van der Waals surface area contributed by atoms with Crippen molar-refractivity contribution in [2.45, 2.75) is 6.92 Å². The van der Waals surface area contributed by atoms with Gasteiger partial charge >= 0.3 is 0 Å². The molecule has 6 nitrogen and oxygen atoms in total. The number of carbonyl (C=O) groups excluding carboxylic acids is 2. The van der Waals surface area contributed by atoms with E-state index in [1.165, 1.54) is 16.7 Å². The van der Waals surface area contributed by atoms with Crippen LogP contribution >= 0.6 is 35.6 Å². The lowest BCUT2D eigenvalue weighted by atomic mass is 10.1. The summed E-state index contributed by atoms with van der Waals surface area (Å²) in [6, 6.07) is 13.1. The molecule has 2 aromatic rings. The molecule has 0 saturated carbocycles. The van der Waals surface area contributed by atoms with E-state index in [0.29, 0.717) is 32.2 Å². The second-order valence-electron chi connectivity index (χ2n) is 8.46. The number of piperazine rings is 1. The van der Waals surface area contributed by atoms with Crippen LogP contribution in [0.3, 0.4) is 0 Å². The number of hydrogen-bond acceptors (Lipinski definition) is 6. The van der Waals surface area contributed by atoms with E-state index in [2.05, 4.69) is 16.8 Å². The van der Waals surface area contributed by atoms with Gasteiger partial charge in [-0.05, 0) is 37.7 Å². The van der Waals surface area contributed by atoms with Crippen molar-refractivity contribution < 1.29 is 9.59 Å². The molecule has 3 heterocycles. The summed E-state index contributed by atoms with van der Waals surface area (Å²) < 4.78 is 0.394. The quantitative estimate of drug-likeness (QED) is 0.471. The summed E-state index contributed by atoms with van der Waals surface area (Å²) in [6.45, 7) is 6.13. The molecular weight excluding hydrogens is 476 g/mol. The van der Waals surface area contributed by atoms with E-state index in [4.69, 9.17) is 23.8 Å². The Bertz CT molecular complexity index is 1210. The Morgan fingerprint density at radius 1 is 1.03 bits per heavy atom. The van der Waals surface area contributed by atoms with Crippen LogP contribution in [0.25, 0.3) is 5.57 Å². The molecule has 3 aliphatic rings. The van der Waals surface area contributed by atoms with Crippen LogP contribution in [0.4, 0.5) is 11.4 Å². The van der Waals surface area contributed by atoms with Crippen LogP contribution in [-0.4, -0.2) is 65.8 Å². The Morgan fingerprint density at radius 3 is 2.48 bits per heavy atom. The smallest absolute Gasteiger partial charge is 0.271 e. The molecule has 0 radical (unpaired) electrons. The van der Waals surface area contributed by atoms with Crippen molar-refractivity contribution in [3.05, 3.63) is 63.5 Å². The van der Waals surface area contributed by atoms with Crippen molar-refractivity contribution in [3.63, 3.8) is 0 Å². The Labute approximate surface area is 207 Å². The van der Waals surface area contributed by atoms with Crippen molar-refractivity contribution in [1.82, 2.24) is 9.80 Å². The van der Waals surface area contributed by atoms with E-state index in [9.17, 15) is 9.59 Å². The van der Waals surface area contributed by atoms with Gasteiger partial charge in [-0.15, -0.1) is 0 Å². The van der Waals surface area contributed by atoms with Crippen molar-refractivity contribution in [2.75, 3.05) is 49.7 Å². The Kier molecular flexibility index (Phi) is 6.05. The number of thiocarbonyl (C=S) groups is 1. The first-order valence-electron chi connectivity index (χ1n) is 10.7. The maximum atomic E-state index is 13.7. The zero-order valence-corrected chi connectivity index (χ0v) is 20.8. The van der Waals surface area contributed by atoms with Crippen molar-refractivity contribution in [1.29, 1.82) is 0 Å². The first kappa shape index (κ1) is 22.6. The fraction of sp³-hybridized carbons (Fsp3) is 0.292. The van der Waals surface area contributed by atoms with E-state index in [1.807, 2.05) is 43.3 Å². The second-order valence-corrected chi connectivity index (χ2v) is 10.5. The van der Waals surface area contributed by atoms with Crippen LogP contribution in [0.1, 0.15) is 11.1 Å². The minimum atomic E-state index is -0.287. The number of rotatable bonds is 3. The van der Waals surface area contributed by atoms with Gasteiger partial charge in [0.1, 0.15) is 0 Å². The molecule has 33 heavy (non-hydrogen) atoms. The predicted octanol–water partition coefficient (Wildman–Crippen LogP) is 3.98. The molecule has 170 valence electrons. The van der Waals surface area contributed by atoms with Crippen molar-refractivity contribution in [3.8, 4) is 0 Å². The lowest BCUT2D eigenvalue weighted by molar-refractivity contribution is -0.115. The summed E-state index contributed by atoms with van der Waals surface area (Å²) in [4.78, 5) is 35.4. The number of benzene rings is 2. The van der Waals surface area contributed by atoms with Crippen LogP contribution in [0.15, 0.2) is 47.4 Å². The molecule has 0 unspecified atom stereocenters. The van der Waals surface area contributed by atoms with Crippen molar-refractivity contribution >= 4 is 68.7 Å². The number of fused-ring (bicyclic) bond motifs is 1. The van der Waals surface area contributed by atoms with E-state index >= 15 is 0 Å². The minimum Gasteiger partial charge on any atom is -0.304 e. The normalized spacial score (nSPS) is 22.0. The molecule has 2 fully saturated rings. The highest BCUT2D eigenvalue weighted by Gasteiger charge is 2.43. The average molecular weight is 499 g/mol. The molecule has 0 bridgehead atoms. The highest BCUT2D eigenvalue weighted by atomic mass is 35.5. The molecule has 3 aliphatic heterocycles. The zero-order valence-electron chi connectivity index (χ0n) is 18.4. The van der Waals surface area contributed by atoms with E-state index in [0.717, 1.165) is 43.0 Å². The van der Waals surface area contributed by atoms with Gasteiger partial charge in [-0.25, -0.2) is 0 Å². The third kappa shape index (κ3) is 4.00. The third-order valence-corrected chi connectivity index (χ3v) is 8.05. The van der Waals surface area contributed by atoms with Crippen molar-refractivity contribution in [2.24, 2.45) is 0 Å². The average Bonchev–Trinajstić information content (AvgIpc) is 3.24. The van der Waals surface area contributed by atoms with Gasteiger partial charge in [-0.1, -0.05) is 59.8 Å². The fourth-order valence-corrected chi connectivity index (χ4v) is 5.84. The lowest BCUT2D eigenvalue weighted by Crippen LogP contribution is -2.49. The molecule has 2 saturated heterocycles. The summed E-state index contributed by atoms with van der Waals surface area (Å²) in [5.74, 6) is -0.443. The Morgan fingerprint density at radius 2 is 1.76 bits per heavy atom. The second kappa shape index (κ2) is 8.85. The number of para-hydroxylation sites is 1. The van der Waals surface area contributed by atoms with E-state index in [-0.39, 0.29) is 11.8 Å². The van der Waals surface area contributed by atoms with Crippen LogP contribution in [-0.2, 0) is 9.59 Å². The zero-order chi connectivity index (χ0) is 23.3. The highest BCUT2D eigenvalue weighted by molar-refractivity contribution is 8.27. The SMILES string of the molecule is Cc1ccc(N2C(=O)/C(=C3/C(=O)N(CN4CCN(C)CC4)c4ccccc43)SC2=S)cc1Cl. The summed E-state index contributed by atoms with van der Waals surface area (Å²) in [5, 5.41) is 0.565.